The molecule has 26 heavy (non-hydrogen) atoms. The lowest BCUT2D eigenvalue weighted by Gasteiger charge is -2.43. The van der Waals surface area contributed by atoms with E-state index in [-0.39, 0.29) is 0 Å². The molecule has 0 radical (unpaired) electrons. The lowest BCUT2D eigenvalue weighted by Crippen LogP contribution is -2.46. The Morgan fingerprint density at radius 2 is 1.81 bits per heavy atom. The summed E-state index contributed by atoms with van der Waals surface area (Å²) in [6.07, 6.45) is 10.00. The molecule has 2 heterocycles. The van der Waals surface area contributed by atoms with E-state index in [1.807, 2.05) is 12.1 Å². The van der Waals surface area contributed by atoms with Crippen molar-refractivity contribution in [1.29, 1.82) is 0 Å². The number of piperidine rings is 1. The summed E-state index contributed by atoms with van der Waals surface area (Å²) >= 11 is 1.71. The zero-order valence-corrected chi connectivity index (χ0v) is 15.9. The molecular weight excluding hydrogens is 346 g/mol. The molecule has 3 aliphatic rings. The van der Waals surface area contributed by atoms with Gasteiger partial charge in [0.25, 0.3) is 0 Å². The molecular formula is C20H27N3O2S. The van der Waals surface area contributed by atoms with Gasteiger partial charge in [-0.3, -0.25) is 5.32 Å². The number of aromatic nitrogens is 1. The Kier molecular flexibility index (Phi) is 5.41. The molecule has 2 aliphatic carbocycles. The molecule has 5 nitrogen and oxygen atoms in total. The molecule has 0 bridgehead atoms. The SMILES string of the molecule is C1CC1.O=C(O)Nc1ccc2nc([C@H]3C[C@H](N4CCCCC4)C3)sc2c1. The van der Waals surface area contributed by atoms with Crippen LogP contribution in [0.5, 0.6) is 0 Å². The van der Waals surface area contributed by atoms with Crippen LogP contribution in [-0.2, 0) is 0 Å². The molecule has 1 saturated heterocycles. The zero-order chi connectivity index (χ0) is 17.9. The Hall–Kier alpha value is -1.66. The van der Waals surface area contributed by atoms with Crippen LogP contribution in [-0.4, -0.2) is 40.2 Å². The predicted molar refractivity (Wildman–Crippen MR) is 106 cm³/mol. The maximum absolute atomic E-state index is 10.7. The van der Waals surface area contributed by atoms with Crippen molar-refractivity contribution in [3.8, 4) is 0 Å². The van der Waals surface area contributed by atoms with Gasteiger partial charge in [0, 0.05) is 17.6 Å². The van der Waals surface area contributed by atoms with Crippen LogP contribution in [0.3, 0.4) is 0 Å². The van der Waals surface area contributed by atoms with Gasteiger partial charge in [0.15, 0.2) is 0 Å². The number of fused-ring (bicyclic) bond motifs is 1. The minimum Gasteiger partial charge on any atom is -0.465 e. The molecule has 0 unspecified atom stereocenters. The van der Waals surface area contributed by atoms with Crippen LogP contribution in [0, 0.1) is 0 Å². The highest BCUT2D eigenvalue weighted by Gasteiger charge is 2.36. The fraction of sp³-hybridized carbons (Fsp3) is 0.600. The van der Waals surface area contributed by atoms with E-state index >= 15 is 0 Å². The number of anilines is 1. The molecule has 2 aromatic rings. The molecule has 0 spiro atoms. The van der Waals surface area contributed by atoms with Gasteiger partial charge in [-0.05, 0) is 57.0 Å². The van der Waals surface area contributed by atoms with Crippen molar-refractivity contribution >= 4 is 33.3 Å². The van der Waals surface area contributed by atoms with Crippen molar-refractivity contribution in [3.63, 3.8) is 0 Å². The van der Waals surface area contributed by atoms with E-state index < -0.39 is 6.09 Å². The third-order valence-electron chi connectivity index (χ3n) is 5.38. The van der Waals surface area contributed by atoms with Crippen LogP contribution in [0.2, 0.25) is 0 Å². The first kappa shape index (κ1) is 17.7. The number of nitrogens with one attached hydrogen (secondary N) is 1. The molecule has 140 valence electrons. The van der Waals surface area contributed by atoms with E-state index in [0.717, 1.165) is 16.3 Å². The van der Waals surface area contributed by atoms with Crippen molar-refractivity contribution in [1.82, 2.24) is 9.88 Å². The normalized spacial score (nSPS) is 25.1. The Bertz CT molecular complexity index is 759. The summed E-state index contributed by atoms with van der Waals surface area (Å²) in [4.78, 5) is 18.1. The van der Waals surface area contributed by atoms with Crippen molar-refractivity contribution in [2.75, 3.05) is 18.4 Å². The molecule has 2 N–H and O–H groups in total. The number of carboxylic acid groups (broad SMARTS) is 1. The zero-order valence-electron chi connectivity index (χ0n) is 15.1. The topological polar surface area (TPSA) is 65.5 Å². The third-order valence-corrected chi connectivity index (χ3v) is 6.56. The number of nitrogens with zero attached hydrogens (tertiary/aromatic N) is 2. The third kappa shape index (κ3) is 4.35. The monoisotopic (exact) mass is 373 g/mol. The van der Waals surface area contributed by atoms with E-state index in [0.29, 0.717) is 11.6 Å². The summed E-state index contributed by atoms with van der Waals surface area (Å²) in [6, 6.07) is 6.31. The van der Waals surface area contributed by atoms with Gasteiger partial charge in [0.2, 0.25) is 0 Å². The fourth-order valence-electron chi connectivity index (χ4n) is 3.69. The molecule has 3 fully saturated rings. The highest BCUT2D eigenvalue weighted by atomic mass is 32.1. The molecule has 5 rings (SSSR count). The van der Waals surface area contributed by atoms with Crippen LogP contribution in [0.1, 0.15) is 62.3 Å². The molecule has 1 aromatic carbocycles. The van der Waals surface area contributed by atoms with Crippen LogP contribution < -0.4 is 5.32 Å². The van der Waals surface area contributed by atoms with Crippen LogP contribution in [0.15, 0.2) is 18.2 Å². The number of thiazole rings is 1. The Morgan fingerprint density at radius 3 is 2.46 bits per heavy atom. The van der Waals surface area contributed by atoms with Gasteiger partial charge in [-0.25, -0.2) is 9.78 Å². The minimum absolute atomic E-state index is 0.579. The van der Waals surface area contributed by atoms with Gasteiger partial charge in [-0.1, -0.05) is 25.7 Å². The Labute approximate surface area is 158 Å². The fourth-order valence-corrected chi connectivity index (χ4v) is 4.82. The number of benzene rings is 1. The average Bonchev–Trinajstić information content (AvgIpc) is 3.41. The summed E-state index contributed by atoms with van der Waals surface area (Å²) in [5, 5.41) is 12.4. The standard InChI is InChI=1S/C17H21N3O2S.C3H6/c21-17(22)18-12-4-5-14-15(10-12)23-16(19-14)11-8-13(9-11)20-6-2-1-3-7-20;1-2-3-1/h4-5,10-11,13,18H,1-3,6-9H2,(H,21,22);1-3H2/t11-,13-;. The number of hydrogen-bond acceptors (Lipinski definition) is 4. The summed E-state index contributed by atoms with van der Waals surface area (Å²) in [5.41, 5.74) is 1.59. The van der Waals surface area contributed by atoms with Crippen molar-refractivity contribution in [3.05, 3.63) is 23.2 Å². The van der Waals surface area contributed by atoms with E-state index in [9.17, 15) is 4.79 Å². The Balaban J connectivity index is 0.000000510. The molecule has 6 heteroatoms. The van der Waals surface area contributed by atoms with Crippen LogP contribution >= 0.6 is 11.3 Å². The van der Waals surface area contributed by atoms with E-state index in [1.54, 1.807) is 17.4 Å². The minimum atomic E-state index is -1.03. The van der Waals surface area contributed by atoms with Gasteiger partial charge in [-0.15, -0.1) is 11.3 Å². The second-order valence-corrected chi connectivity index (χ2v) is 8.71. The van der Waals surface area contributed by atoms with E-state index in [1.165, 1.54) is 69.5 Å². The summed E-state index contributed by atoms with van der Waals surface area (Å²) in [7, 11) is 0. The number of carbonyl (C=O) groups is 1. The number of amides is 1. The molecule has 1 amide bonds. The van der Waals surface area contributed by atoms with Gasteiger partial charge in [-0.2, -0.15) is 0 Å². The summed E-state index contributed by atoms with van der Waals surface area (Å²) in [5.74, 6) is 0.579. The first-order valence-corrected chi connectivity index (χ1v) is 10.7. The van der Waals surface area contributed by atoms with Gasteiger partial charge >= 0.3 is 6.09 Å². The van der Waals surface area contributed by atoms with Crippen molar-refractivity contribution in [2.24, 2.45) is 0 Å². The average molecular weight is 374 g/mol. The van der Waals surface area contributed by atoms with Gasteiger partial charge < -0.3 is 10.0 Å². The predicted octanol–water partition coefficient (Wildman–Crippen LogP) is 5.29. The van der Waals surface area contributed by atoms with Crippen LogP contribution in [0.4, 0.5) is 10.5 Å². The maximum Gasteiger partial charge on any atom is 0.409 e. The van der Waals surface area contributed by atoms with E-state index in [2.05, 4.69) is 10.2 Å². The quantitative estimate of drug-likeness (QED) is 0.767. The van der Waals surface area contributed by atoms with E-state index in [4.69, 9.17) is 10.1 Å². The largest absolute Gasteiger partial charge is 0.465 e. The second kappa shape index (κ2) is 7.92. The molecule has 1 aromatic heterocycles. The van der Waals surface area contributed by atoms with Crippen LogP contribution in [0.25, 0.3) is 10.2 Å². The van der Waals surface area contributed by atoms with Gasteiger partial charge in [0.1, 0.15) is 0 Å². The number of rotatable bonds is 3. The number of likely N-dealkylation sites (tertiary alicyclic amines) is 1. The smallest absolute Gasteiger partial charge is 0.409 e. The lowest BCUT2D eigenvalue weighted by atomic mass is 9.79. The lowest BCUT2D eigenvalue weighted by molar-refractivity contribution is 0.0888. The molecule has 2 saturated carbocycles. The summed E-state index contributed by atoms with van der Waals surface area (Å²) < 4.78 is 1.06. The second-order valence-electron chi connectivity index (χ2n) is 7.64. The Morgan fingerprint density at radius 1 is 1.12 bits per heavy atom. The highest BCUT2D eigenvalue weighted by Crippen LogP contribution is 2.43. The first-order valence-electron chi connectivity index (χ1n) is 9.83. The highest BCUT2D eigenvalue weighted by molar-refractivity contribution is 7.18. The van der Waals surface area contributed by atoms with Gasteiger partial charge in [0.05, 0.1) is 15.2 Å². The van der Waals surface area contributed by atoms with Crippen molar-refractivity contribution in [2.45, 2.75) is 63.3 Å². The first-order chi connectivity index (χ1) is 12.7. The number of hydrogen-bond donors (Lipinski definition) is 2. The maximum atomic E-state index is 10.7. The summed E-state index contributed by atoms with van der Waals surface area (Å²) in [6.45, 7) is 2.53. The molecule has 0 atom stereocenters. The van der Waals surface area contributed by atoms with Crippen molar-refractivity contribution < 1.29 is 9.90 Å². The molecule has 1 aliphatic heterocycles.